The van der Waals surface area contributed by atoms with Crippen LogP contribution in [0, 0.1) is 0 Å². The van der Waals surface area contributed by atoms with Gasteiger partial charge in [-0.1, -0.05) is 6.07 Å². The largest absolute Gasteiger partial charge is 0.361 e. The van der Waals surface area contributed by atoms with E-state index in [4.69, 9.17) is 0 Å². The van der Waals surface area contributed by atoms with Crippen molar-refractivity contribution in [2.75, 3.05) is 46.3 Å². The van der Waals surface area contributed by atoms with Gasteiger partial charge in [-0.05, 0) is 43.6 Å². The number of rotatable bonds is 5. The summed E-state index contributed by atoms with van der Waals surface area (Å²) in [5.41, 5.74) is 1.72. The third kappa shape index (κ3) is 3.67. The zero-order valence-corrected chi connectivity index (χ0v) is 13.1. The van der Waals surface area contributed by atoms with E-state index in [-0.39, 0.29) is 5.91 Å². The van der Waals surface area contributed by atoms with Gasteiger partial charge in [-0.2, -0.15) is 0 Å². The summed E-state index contributed by atoms with van der Waals surface area (Å²) in [4.78, 5) is 20.1. The first kappa shape index (κ1) is 15.1. The summed E-state index contributed by atoms with van der Waals surface area (Å²) >= 11 is 0. The lowest BCUT2D eigenvalue weighted by molar-refractivity contribution is 0.0949. The molecule has 5 heteroatoms. The van der Waals surface area contributed by atoms with Gasteiger partial charge < -0.3 is 20.1 Å². The van der Waals surface area contributed by atoms with Crippen molar-refractivity contribution in [1.82, 2.24) is 20.1 Å². The third-order valence-electron chi connectivity index (χ3n) is 4.35. The molecule has 118 valence electrons. The lowest BCUT2D eigenvalue weighted by atomic mass is 10.1. The summed E-state index contributed by atoms with van der Waals surface area (Å²) in [6, 6.07) is 7.77. The Balaban J connectivity index is 1.42. The van der Waals surface area contributed by atoms with Crippen LogP contribution in [0.3, 0.4) is 0 Å². The molecule has 0 unspecified atom stereocenters. The smallest absolute Gasteiger partial charge is 0.251 e. The zero-order valence-electron chi connectivity index (χ0n) is 13.1. The Kier molecular flexibility index (Phi) is 4.75. The molecule has 1 aliphatic heterocycles. The van der Waals surface area contributed by atoms with Crippen molar-refractivity contribution < 1.29 is 4.79 Å². The maximum atomic E-state index is 12.2. The van der Waals surface area contributed by atoms with E-state index >= 15 is 0 Å². The third-order valence-corrected chi connectivity index (χ3v) is 4.35. The van der Waals surface area contributed by atoms with Gasteiger partial charge in [0.15, 0.2) is 0 Å². The van der Waals surface area contributed by atoms with Gasteiger partial charge >= 0.3 is 0 Å². The normalized spacial score (nSPS) is 17.0. The van der Waals surface area contributed by atoms with Crippen LogP contribution in [0.4, 0.5) is 0 Å². The van der Waals surface area contributed by atoms with Crippen LogP contribution in [-0.2, 0) is 0 Å². The van der Waals surface area contributed by atoms with Gasteiger partial charge in [0.05, 0.1) is 0 Å². The first-order valence-electron chi connectivity index (χ1n) is 7.98. The van der Waals surface area contributed by atoms with E-state index in [0.717, 1.165) is 62.2 Å². The summed E-state index contributed by atoms with van der Waals surface area (Å²) in [6.07, 6.45) is 2.89. The van der Waals surface area contributed by atoms with Crippen molar-refractivity contribution in [3.05, 3.63) is 36.0 Å². The molecule has 0 radical (unpaired) electrons. The van der Waals surface area contributed by atoms with Crippen molar-refractivity contribution in [3.63, 3.8) is 0 Å². The van der Waals surface area contributed by atoms with Gasteiger partial charge in [0.1, 0.15) is 0 Å². The number of piperazine rings is 1. The molecule has 1 aromatic carbocycles. The quantitative estimate of drug-likeness (QED) is 0.824. The standard InChI is InChI=1S/C17H24N4O/c1-20-9-11-21(12-10-20)8-2-6-19-17(22)15-4-3-14-5-7-18-16(14)13-15/h3-5,7,13,18H,2,6,8-12H2,1H3,(H,19,22). The van der Waals surface area contributed by atoms with Gasteiger partial charge in [-0.15, -0.1) is 0 Å². The molecule has 0 bridgehead atoms. The van der Waals surface area contributed by atoms with Crippen molar-refractivity contribution in [1.29, 1.82) is 0 Å². The number of carbonyl (C=O) groups excluding carboxylic acids is 1. The Morgan fingerprint density at radius 2 is 2.05 bits per heavy atom. The topological polar surface area (TPSA) is 51.4 Å². The number of hydrogen-bond donors (Lipinski definition) is 2. The van der Waals surface area contributed by atoms with Crippen molar-refractivity contribution in [2.45, 2.75) is 6.42 Å². The highest BCUT2D eigenvalue weighted by Crippen LogP contribution is 2.14. The van der Waals surface area contributed by atoms with Crippen LogP contribution in [0.2, 0.25) is 0 Å². The van der Waals surface area contributed by atoms with Crippen LogP contribution in [0.5, 0.6) is 0 Å². The minimum absolute atomic E-state index is 0.00915. The van der Waals surface area contributed by atoms with E-state index < -0.39 is 0 Å². The van der Waals surface area contributed by atoms with Crippen molar-refractivity contribution in [2.24, 2.45) is 0 Å². The number of likely N-dealkylation sites (N-methyl/N-ethyl adjacent to an activating group) is 1. The molecular weight excluding hydrogens is 276 g/mol. The number of aromatic nitrogens is 1. The first-order valence-corrected chi connectivity index (χ1v) is 7.98. The summed E-state index contributed by atoms with van der Waals surface area (Å²) in [6.45, 7) is 6.34. The highest BCUT2D eigenvalue weighted by Gasteiger charge is 2.13. The number of benzene rings is 1. The Morgan fingerprint density at radius 1 is 1.23 bits per heavy atom. The highest BCUT2D eigenvalue weighted by molar-refractivity contribution is 5.97. The molecular formula is C17H24N4O. The molecule has 3 rings (SSSR count). The van der Waals surface area contributed by atoms with Gasteiger partial charge in [-0.3, -0.25) is 4.79 Å². The Bertz CT molecular complexity index is 628. The molecule has 22 heavy (non-hydrogen) atoms. The number of H-pyrrole nitrogens is 1. The summed E-state index contributed by atoms with van der Waals surface area (Å²) in [5.74, 6) is 0.00915. The molecule has 0 aliphatic carbocycles. The van der Waals surface area contributed by atoms with Crippen LogP contribution in [-0.4, -0.2) is 67.0 Å². The fraction of sp³-hybridized carbons (Fsp3) is 0.471. The van der Waals surface area contributed by atoms with Crippen LogP contribution in [0.15, 0.2) is 30.5 Å². The molecule has 1 saturated heterocycles. The Hall–Kier alpha value is -1.85. The predicted molar refractivity (Wildman–Crippen MR) is 89.2 cm³/mol. The second-order valence-corrected chi connectivity index (χ2v) is 6.03. The number of carbonyl (C=O) groups is 1. The lowest BCUT2D eigenvalue weighted by Crippen LogP contribution is -2.45. The fourth-order valence-corrected chi connectivity index (χ4v) is 2.87. The zero-order chi connectivity index (χ0) is 15.4. The summed E-state index contributed by atoms with van der Waals surface area (Å²) in [7, 11) is 2.17. The number of nitrogens with one attached hydrogen (secondary N) is 2. The molecule has 1 fully saturated rings. The second kappa shape index (κ2) is 6.94. The minimum atomic E-state index is 0.00915. The molecule has 0 saturated carbocycles. The van der Waals surface area contributed by atoms with Gasteiger partial charge in [0, 0.05) is 50.0 Å². The number of aromatic amines is 1. The lowest BCUT2D eigenvalue weighted by Gasteiger charge is -2.32. The molecule has 1 aliphatic rings. The monoisotopic (exact) mass is 300 g/mol. The van der Waals surface area contributed by atoms with E-state index in [9.17, 15) is 4.79 Å². The van der Waals surface area contributed by atoms with E-state index in [2.05, 4.69) is 27.1 Å². The molecule has 0 atom stereocenters. The molecule has 2 N–H and O–H groups in total. The molecule has 2 aromatic rings. The summed E-state index contributed by atoms with van der Waals surface area (Å²) in [5, 5.41) is 4.15. The maximum Gasteiger partial charge on any atom is 0.251 e. The van der Waals surface area contributed by atoms with E-state index in [1.165, 1.54) is 0 Å². The molecule has 1 aromatic heterocycles. The highest BCUT2D eigenvalue weighted by atomic mass is 16.1. The van der Waals surface area contributed by atoms with Crippen LogP contribution < -0.4 is 5.32 Å². The summed E-state index contributed by atoms with van der Waals surface area (Å²) < 4.78 is 0. The van der Waals surface area contributed by atoms with Crippen molar-refractivity contribution in [3.8, 4) is 0 Å². The maximum absolute atomic E-state index is 12.2. The van der Waals surface area contributed by atoms with Gasteiger partial charge in [0.25, 0.3) is 5.91 Å². The van der Waals surface area contributed by atoms with Crippen LogP contribution >= 0.6 is 0 Å². The molecule has 1 amide bonds. The second-order valence-electron chi connectivity index (χ2n) is 6.03. The van der Waals surface area contributed by atoms with Gasteiger partial charge in [-0.25, -0.2) is 0 Å². The average molecular weight is 300 g/mol. The van der Waals surface area contributed by atoms with Crippen LogP contribution in [0.1, 0.15) is 16.8 Å². The predicted octanol–water partition coefficient (Wildman–Crippen LogP) is 1.54. The van der Waals surface area contributed by atoms with Gasteiger partial charge in [0.2, 0.25) is 0 Å². The minimum Gasteiger partial charge on any atom is -0.361 e. The first-order chi connectivity index (χ1) is 10.7. The number of hydrogen-bond acceptors (Lipinski definition) is 3. The Labute approximate surface area is 131 Å². The van der Waals surface area contributed by atoms with E-state index in [1.807, 2.05) is 30.5 Å². The number of amides is 1. The number of fused-ring (bicyclic) bond motifs is 1. The molecule has 2 heterocycles. The molecule has 5 nitrogen and oxygen atoms in total. The average Bonchev–Trinajstić information content (AvgIpc) is 3.00. The van der Waals surface area contributed by atoms with E-state index in [0.29, 0.717) is 0 Å². The Morgan fingerprint density at radius 3 is 2.86 bits per heavy atom. The van der Waals surface area contributed by atoms with E-state index in [1.54, 1.807) is 0 Å². The molecule has 0 spiro atoms. The van der Waals surface area contributed by atoms with Crippen LogP contribution in [0.25, 0.3) is 10.9 Å². The SMILES string of the molecule is CN1CCN(CCCNC(=O)c2ccc3cc[nH]c3c2)CC1. The fourth-order valence-electron chi connectivity index (χ4n) is 2.87. The van der Waals surface area contributed by atoms with Crippen molar-refractivity contribution >= 4 is 16.8 Å². The number of nitrogens with zero attached hydrogens (tertiary/aromatic N) is 2.